The lowest BCUT2D eigenvalue weighted by atomic mass is 9.55. The van der Waals surface area contributed by atoms with Crippen LogP contribution in [-0.2, 0) is 12.4 Å². The van der Waals surface area contributed by atoms with Crippen LogP contribution < -0.4 is 5.43 Å². The average Bonchev–Trinajstić information content (AvgIpc) is 2.51. The lowest BCUT2D eigenvalue weighted by molar-refractivity contribution is -0.143. The predicted molar refractivity (Wildman–Crippen MR) is 84.5 cm³/mol. The van der Waals surface area contributed by atoms with Crippen LogP contribution in [0.2, 0.25) is 0 Å². The monoisotopic (exact) mass is 376 g/mol. The molecule has 0 atom stereocenters. The standard InChI is InChI=1S/C18H18F6N2/c19-17(20,21)13-6-14(18(22,23)24)8-15(7-13)25-26-16-11-2-9-1-10(4-11)5-12(16)3-9/h6-12,25H,1-5H2. The van der Waals surface area contributed by atoms with Crippen molar-refractivity contribution >= 4 is 11.4 Å². The number of anilines is 1. The normalized spacial score (nSPS) is 30.6. The van der Waals surface area contributed by atoms with Crippen LogP contribution in [0.5, 0.6) is 0 Å². The zero-order chi connectivity index (χ0) is 18.7. The SMILES string of the molecule is FC(F)(F)c1cc(NN=C2C3CC4CC(C3)CC2C4)cc(C(F)(F)F)c1. The molecule has 1 aromatic rings. The van der Waals surface area contributed by atoms with E-state index in [2.05, 4.69) is 10.5 Å². The molecular weight excluding hydrogens is 358 g/mol. The molecule has 26 heavy (non-hydrogen) atoms. The van der Waals surface area contributed by atoms with Gasteiger partial charge in [0.2, 0.25) is 0 Å². The molecule has 4 bridgehead atoms. The lowest BCUT2D eigenvalue weighted by Crippen LogP contribution is -2.45. The van der Waals surface area contributed by atoms with Crippen LogP contribution in [-0.4, -0.2) is 5.71 Å². The number of rotatable bonds is 2. The number of alkyl halides is 6. The van der Waals surface area contributed by atoms with Crippen molar-refractivity contribution in [3.8, 4) is 0 Å². The van der Waals surface area contributed by atoms with Gasteiger partial charge in [-0.2, -0.15) is 31.4 Å². The van der Waals surface area contributed by atoms with Crippen LogP contribution in [0, 0.1) is 23.7 Å². The molecule has 0 aromatic heterocycles. The number of nitrogens with one attached hydrogen (secondary N) is 1. The number of halogens is 6. The summed E-state index contributed by atoms with van der Waals surface area (Å²) >= 11 is 0. The van der Waals surface area contributed by atoms with E-state index in [9.17, 15) is 26.3 Å². The van der Waals surface area contributed by atoms with E-state index in [-0.39, 0.29) is 11.8 Å². The Morgan fingerprint density at radius 1 is 0.731 bits per heavy atom. The molecule has 4 fully saturated rings. The van der Waals surface area contributed by atoms with E-state index in [4.69, 9.17) is 0 Å². The van der Waals surface area contributed by atoms with Gasteiger partial charge < -0.3 is 0 Å². The molecule has 0 spiro atoms. The first-order valence-electron chi connectivity index (χ1n) is 8.72. The molecule has 4 saturated carbocycles. The largest absolute Gasteiger partial charge is 0.416 e. The molecule has 0 radical (unpaired) electrons. The molecule has 0 unspecified atom stereocenters. The van der Waals surface area contributed by atoms with Crippen LogP contribution in [0.4, 0.5) is 32.0 Å². The van der Waals surface area contributed by atoms with E-state index in [1.807, 2.05) is 0 Å². The van der Waals surface area contributed by atoms with E-state index >= 15 is 0 Å². The van der Waals surface area contributed by atoms with Crippen molar-refractivity contribution in [1.29, 1.82) is 0 Å². The van der Waals surface area contributed by atoms with Crippen LogP contribution in [0.15, 0.2) is 23.3 Å². The van der Waals surface area contributed by atoms with E-state index < -0.39 is 23.5 Å². The van der Waals surface area contributed by atoms with E-state index in [0.717, 1.165) is 31.4 Å². The van der Waals surface area contributed by atoms with E-state index in [1.165, 1.54) is 6.42 Å². The minimum absolute atomic E-state index is 0.126. The summed E-state index contributed by atoms with van der Waals surface area (Å²) < 4.78 is 77.6. The molecule has 8 heteroatoms. The fraction of sp³-hybridized carbons (Fsp3) is 0.611. The first-order valence-corrected chi connectivity index (χ1v) is 8.72. The summed E-state index contributed by atoms with van der Waals surface area (Å²) in [6.07, 6.45) is -4.33. The van der Waals surface area contributed by atoms with Gasteiger partial charge in [-0.3, -0.25) is 5.43 Å². The Hall–Kier alpha value is -1.73. The molecule has 142 valence electrons. The Balaban J connectivity index is 1.62. The zero-order valence-electron chi connectivity index (χ0n) is 13.8. The van der Waals surface area contributed by atoms with Gasteiger partial charge in [-0.25, -0.2) is 0 Å². The van der Waals surface area contributed by atoms with Gasteiger partial charge in [0, 0.05) is 5.71 Å². The molecule has 5 rings (SSSR count). The highest BCUT2D eigenvalue weighted by Gasteiger charge is 2.46. The van der Waals surface area contributed by atoms with Gasteiger partial charge >= 0.3 is 12.4 Å². The smallest absolute Gasteiger partial charge is 0.279 e. The van der Waals surface area contributed by atoms with Crippen LogP contribution in [0.25, 0.3) is 0 Å². The highest BCUT2D eigenvalue weighted by atomic mass is 19.4. The number of benzene rings is 1. The Morgan fingerprint density at radius 2 is 1.19 bits per heavy atom. The second kappa shape index (κ2) is 5.89. The van der Waals surface area contributed by atoms with Gasteiger partial charge in [0.25, 0.3) is 0 Å². The van der Waals surface area contributed by atoms with Crippen molar-refractivity contribution in [3.05, 3.63) is 29.3 Å². The fourth-order valence-electron chi connectivity index (χ4n) is 5.00. The van der Waals surface area contributed by atoms with Crippen molar-refractivity contribution in [2.45, 2.75) is 44.5 Å². The van der Waals surface area contributed by atoms with Crippen LogP contribution in [0.1, 0.15) is 43.2 Å². The second-order valence-electron chi connectivity index (χ2n) is 7.75. The van der Waals surface area contributed by atoms with Crippen LogP contribution in [0.3, 0.4) is 0 Å². The third-order valence-electron chi connectivity index (χ3n) is 5.88. The topological polar surface area (TPSA) is 24.4 Å². The number of hydrogen-bond acceptors (Lipinski definition) is 2. The summed E-state index contributed by atoms with van der Waals surface area (Å²) in [5.41, 5.74) is 0.455. The summed E-state index contributed by atoms with van der Waals surface area (Å²) in [5.74, 6) is 2.02. The molecule has 0 heterocycles. The van der Waals surface area contributed by atoms with Gasteiger partial charge in [0.15, 0.2) is 0 Å². The molecule has 4 aliphatic rings. The third kappa shape index (κ3) is 3.30. The maximum atomic E-state index is 12.9. The lowest BCUT2D eigenvalue weighted by Gasteiger charge is -2.50. The Morgan fingerprint density at radius 3 is 1.62 bits per heavy atom. The minimum Gasteiger partial charge on any atom is -0.279 e. The van der Waals surface area contributed by atoms with E-state index in [0.29, 0.717) is 35.8 Å². The molecule has 1 N–H and O–H groups in total. The molecule has 2 nitrogen and oxygen atoms in total. The van der Waals surface area contributed by atoms with Crippen molar-refractivity contribution in [2.24, 2.45) is 28.8 Å². The predicted octanol–water partition coefficient (Wildman–Crippen LogP) is 5.95. The molecule has 0 saturated heterocycles. The van der Waals surface area contributed by atoms with Gasteiger partial charge in [-0.15, -0.1) is 0 Å². The molecular formula is C18H18F6N2. The Kier molecular flexibility index (Phi) is 4.00. The first kappa shape index (κ1) is 17.7. The molecule has 0 amide bonds. The number of hydrogen-bond donors (Lipinski definition) is 1. The zero-order valence-corrected chi connectivity index (χ0v) is 13.8. The Labute approximate surface area is 146 Å². The summed E-state index contributed by atoms with van der Waals surface area (Å²) in [6.45, 7) is 0. The number of nitrogens with zero attached hydrogens (tertiary/aromatic N) is 1. The van der Waals surface area contributed by atoms with Crippen LogP contribution >= 0.6 is 0 Å². The first-order chi connectivity index (χ1) is 12.1. The second-order valence-corrected chi connectivity index (χ2v) is 7.75. The summed E-state index contributed by atoms with van der Waals surface area (Å²) in [4.78, 5) is 0. The van der Waals surface area contributed by atoms with Crippen molar-refractivity contribution in [3.63, 3.8) is 0 Å². The maximum absolute atomic E-state index is 12.9. The molecule has 1 aromatic carbocycles. The number of hydrazone groups is 1. The van der Waals surface area contributed by atoms with Crippen molar-refractivity contribution < 1.29 is 26.3 Å². The van der Waals surface area contributed by atoms with Crippen molar-refractivity contribution in [1.82, 2.24) is 0 Å². The third-order valence-corrected chi connectivity index (χ3v) is 5.88. The minimum atomic E-state index is -4.85. The summed E-state index contributed by atoms with van der Waals surface area (Å²) in [5, 5.41) is 4.27. The fourth-order valence-corrected chi connectivity index (χ4v) is 5.00. The molecule has 4 aliphatic carbocycles. The van der Waals surface area contributed by atoms with Crippen molar-refractivity contribution in [2.75, 3.05) is 5.43 Å². The summed E-state index contributed by atoms with van der Waals surface area (Å²) in [7, 11) is 0. The molecule has 0 aliphatic heterocycles. The van der Waals surface area contributed by atoms with E-state index in [1.54, 1.807) is 0 Å². The summed E-state index contributed by atoms with van der Waals surface area (Å²) in [6, 6.07) is 1.48. The van der Waals surface area contributed by atoms with Gasteiger partial charge in [0.05, 0.1) is 16.8 Å². The quantitative estimate of drug-likeness (QED) is 0.501. The van der Waals surface area contributed by atoms with Gasteiger partial charge in [0.1, 0.15) is 0 Å². The Bertz CT molecular complexity index is 672. The van der Waals surface area contributed by atoms with Gasteiger partial charge in [-0.05, 0) is 74.0 Å². The van der Waals surface area contributed by atoms with Gasteiger partial charge in [-0.1, -0.05) is 0 Å². The average molecular weight is 376 g/mol. The highest BCUT2D eigenvalue weighted by molar-refractivity contribution is 5.91. The highest BCUT2D eigenvalue weighted by Crippen LogP contribution is 2.52. The maximum Gasteiger partial charge on any atom is 0.416 e.